The van der Waals surface area contributed by atoms with Gasteiger partial charge in [-0.05, 0) is 12.3 Å². The molecule has 0 saturated heterocycles. The number of benzene rings is 1. The molecule has 1 atom stereocenters. The van der Waals surface area contributed by atoms with Gasteiger partial charge in [-0.2, -0.15) is 0 Å². The molecule has 17 heavy (non-hydrogen) atoms. The molecule has 0 aliphatic heterocycles. The summed E-state index contributed by atoms with van der Waals surface area (Å²) in [5, 5.41) is 1.90. The van der Waals surface area contributed by atoms with Gasteiger partial charge < -0.3 is 10.5 Å². The molecule has 4 heteroatoms. The van der Waals surface area contributed by atoms with E-state index in [0.717, 1.165) is 10.8 Å². The maximum atomic E-state index is 11.6. The number of aromatic nitrogens is 1. The summed E-state index contributed by atoms with van der Waals surface area (Å²) in [5.74, 6) is -0.425. The standard InChI is InChI=1S/C13H14N2O2/c1-2-17-13(16)12(14)11-8-15-7-9-5-3-4-6-10(9)11/h3-8,12H,2,14H2,1H3. The molecule has 0 bridgehead atoms. The number of esters is 1. The Bertz CT molecular complexity index is 534. The summed E-state index contributed by atoms with van der Waals surface area (Å²) in [7, 11) is 0. The van der Waals surface area contributed by atoms with Crippen molar-refractivity contribution >= 4 is 16.7 Å². The second kappa shape index (κ2) is 4.93. The van der Waals surface area contributed by atoms with Gasteiger partial charge in [-0.1, -0.05) is 24.3 Å². The number of nitrogens with zero attached hydrogens (tertiary/aromatic N) is 1. The molecule has 1 aromatic carbocycles. The molecule has 2 rings (SSSR count). The molecule has 0 aliphatic carbocycles. The summed E-state index contributed by atoms with van der Waals surface area (Å²) < 4.78 is 4.92. The number of pyridine rings is 1. The van der Waals surface area contributed by atoms with Crippen LogP contribution in [0, 0.1) is 0 Å². The Kier molecular flexibility index (Phi) is 3.35. The summed E-state index contributed by atoms with van der Waals surface area (Å²) in [6.07, 6.45) is 3.36. The van der Waals surface area contributed by atoms with E-state index in [0.29, 0.717) is 12.2 Å². The molecule has 0 spiro atoms. The van der Waals surface area contributed by atoms with Gasteiger partial charge in [-0.25, -0.2) is 4.79 Å². The largest absolute Gasteiger partial charge is 0.465 e. The smallest absolute Gasteiger partial charge is 0.327 e. The lowest BCUT2D eigenvalue weighted by atomic mass is 10.0. The predicted molar refractivity (Wildman–Crippen MR) is 65.3 cm³/mol. The molecule has 0 amide bonds. The van der Waals surface area contributed by atoms with Crippen molar-refractivity contribution in [3.63, 3.8) is 0 Å². The molecular formula is C13H14N2O2. The number of fused-ring (bicyclic) bond motifs is 1. The summed E-state index contributed by atoms with van der Waals surface area (Å²) in [6, 6.07) is 6.90. The van der Waals surface area contributed by atoms with Crippen LogP contribution in [0.1, 0.15) is 18.5 Å². The van der Waals surface area contributed by atoms with E-state index in [4.69, 9.17) is 10.5 Å². The Morgan fingerprint density at radius 3 is 2.94 bits per heavy atom. The third kappa shape index (κ3) is 2.26. The van der Waals surface area contributed by atoms with E-state index in [1.54, 1.807) is 19.3 Å². The lowest BCUT2D eigenvalue weighted by Gasteiger charge is -2.12. The van der Waals surface area contributed by atoms with Gasteiger partial charge in [0.1, 0.15) is 6.04 Å². The molecule has 0 fully saturated rings. The Morgan fingerprint density at radius 1 is 1.41 bits per heavy atom. The van der Waals surface area contributed by atoms with Crippen LogP contribution < -0.4 is 5.73 Å². The van der Waals surface area contributed by atoms with Crippen molar-refractivity contribution in [3.05, 3.63) is 42.2 Å². The van der Waals surface area contributed by atoms with Crippen molar-refractivity contribution in [3.8, 4) is 0 Å². The molecule has 2 aromatic rings. The maximum Gasteiger partial charge on any atom is 0.327 e. The lowest BCUT2D eigenvalue weighted by molar-refractivity contribution is -0.144. The number of ether oxygens (including phenoxy) is 1. The quantitative estimate of drug-likeness (QED) is 0.816. The Balaban J connectivity index is 2.44. The molecule has 0 saturated carbocycles. The minimum atomic E-state index is -0.784. The molecule has 1 aromatic heterocycles. The molecule has 1 unspecified atom stereocenters. The van der Waals surface area contributed by atoms with Crippen molar-refractivity contribution in [1.29, 1.82) is 0 Å². The van der Waals surface area contributed by atoms with Crippen molar-refractivity contribution < 1.29 is 9.53 Å². The van der Waals surface area contributed by atoms with Crippen LogP contribution in [-0.4, -0.2) is 17.6 Å². The van der Waals surface area contributed by atoms with Crippen LogP contribution in [-0.2, 0) is 9.53 Å². The fraction of sp³-hybridized carbons (Fsp3) is 0.231. The van der Waals surface area contributed by atoms with Crippen LogP contribution >= 0.6 is 0 Å². The first kappa shape index (κ1) is 11.5. The van der Waals surface area contributed by atoms with Crippen LogP contribution in [0.5, 0.6) is 0 Å². The van der Waals surface area contributed by atoms with Crippen LogP contribution in [0.4, 0.5) is 0 Å². The third-order valence-electron chi connectivity index (χ3n) is 2.57. The summed E-state index contributed by atoms with van der Waals surface area (Å²) in [4.78, 5) is 15.7. The Hall–Kier alpha value is -1.94. The van der Waals surface area contributed by atoms with Crippen LogP contribution in [0.15, 0.2) is 36.7 Å². The second-order valence-corrected chi connectivity index (χ2v) is 3.68. The van der Waals surface area contributed by atoms with Gasteiger partial charge in [-0.15, -0.1) is 0 Å². The zero-order valence-electron chi connectivity index (χ0n) is 9.59. The first-order valence-electron chi connectivity index (χ1n) is 5.49. The van der Waals surface area contributed by atoms with Gasteiger partial charge in [0, 0.05) is 23.3 Å². The fourth-order valence-corrected chi connectivity index (χ4v) is 1.75. The zero-order valence-corrected chi connectivity index (χ0v) is 9.59. The average Bonchev–Trinajstić information content (AvgIpc) is 2.37. The lowest BCUT2D eigenvalue weighted by Crippen LogP contribution is -2.24. The predicted octanol–water partition coefficient (Wildman–Crippen LogP) is 1.80. The summed E-state index contributed by atoms with van der Waals surface area (Å²) in [5.41, 5.74) is 6.57. The fourth-order valence-electron chi connectivity index (χ4n) is 1.75. The van der Waals surface area contributed by atoms with Crippen molar-refractivity contribution in [1.82, 2.24) is 4.98 Å². The molecule has 88 valence electrons. The maximum absolute atomic E-state index is 11.6. The average molecular weight is 230 g/mol. The van der Waals surface area contributed by atoms with Gasteiger partial charge in [0.25, 0.3) is 0 Å². The van der Waals surface area contributed by atoms with Crippen LogP contribution in [0.25, 0.3) is 10.8 Å². The highest BCUT2D eigenvalue weighted by Gasteiger charge is 2.19. The van der Waals surface area contributed by atoms with Crippen LogP contribution in [0.3, 0.4) is 0 Å². The monoisotopic (exact) mass is 230 g/mol. The molecule has 0 aliphatic rings. The van der Waals surface area contributed by atoms with Gasteiger partial charge in [0.05, 0.1) is 6.61 Å². The third-order valence-corrected chi connectivity index (χ3v) is 2.57. The highest BCUT2D eigenvalue weighted by Crippen LogP contribution is 2.22. The second-order valence-electron chi connectivity index (χ2n) is 3.68. The minimum absolute atomic E-state index is 0.324. The normalized spacial score (nSPS) is 12.4. The number of rotatable bonds is 3. The molecule has 0 radical (unpaired) electrons. The Morgan fingerprint density at radius 2 is 2.18 bits per heavy atom. The van der Waals surface area contributed by atoms with E-state index in [1.165, 1.54) is 0 Å². The van der Waals surface area contributed by atoms with Crippen molar-refractivity contribution in [2.75, 3.05) is 6.61 Å². The van der Waals surface area contributed by atoms with E-state index < -0.39 is 12.0 Å². The number of nitrogens with two attached hydrogens (primary N) is 1. The number of carbonyl (C=O) groups is 1. The zero-order chi connectivity index (χ0) is 12.3. The molecule has 2 N–H and O–H groups in total. The van der Waals surface area contributed by atoms with E-state index >= 15 is 0 Å². The summed E-state index contributed by atoms with van der Waals surface area (Å²) in [6.45, 7) is 2.08. The molecule has 4 nitrogen and oxygen atoms in total. The first-order valence-corrected chi connectivity index (χ1v) is 5.49. The SMILES string of the molecule is CCOC(=O)C(N)c1cncc2ccccc12. The first-order chi connectivity index (χ1) is 8.24. The summed E-state index contributed by atoms with van der Waals surface area (Å²) >= 11 is 0. The number of hydrogen-bond donors (Lipinski definition) is 1. The van der Waals surface area contributed by atoms with Crippen molar-refractivity contribution in [2.24, 2.45) is 5.73 Å². The van der Waals surface area contributed by atoms with E-state index in [-0.39, 0.29) is 0 Å². The molecular weight excluding hydrogens is 216 g/mol. The van der Waals surface area contributed by atoms with Crippen molar-refractivity contribution in [2.45, 2.75) is 13.0 Å². The topological polar surface area (TPSA) is 65.2 Å². The van der Waals surface area contributed by atoms with E-state index in [1.807, 2.05) is 24.3 Å². The Labute approximate surface area is 99.4 Å². The van der Waals surface area contributed by atoms with Gasteiger partial charge >= 0.3 is 5.97 Å². The van der Waals surface area contributed by atoms with Gasteiger partial charge in [0.15, 0.2) is 0 Å². The highest BCUT2D eigenvalue weighted by atomic mass is 16.5. The minimum Gasteiger partial charge on any atom is -0.465 e. The number of carbonyl (C=O) groups excluding carboxylic acids is 1. The van der Waals surface area contributed by atoms with E-state index in [9.17, 15) is 4.79 Å². The highest BCUT2D eigenvalue weighted by molar-refractivity contribution is 5.90. The number of hydrogen-bond acceptors (Lipinski definition) is 4. The van der Waals surface area contributed by atoms with Gasteiger partial charge in [0.2, 0.25) is 0 Å². The molecule has 1 heterocycles. The van der Waals surface area contributed by atoms with Crippen LogP contribution in [0.2, 0.25) is 0 Å². The van der Waals surface area contributed by atoms with Gasteiger partial charge in [-0.3, -0.25) is 4.98 Å². The van der Waals surface area contributed by atoms with E-state index in [2.05, 4.69) is 4.98 Å².